The third kappa shape index (κ3) is 14.9. The fourth-order valence-electron chi connectivity index (χ4n) is 2.73. The Kier molecular flexibility index (Phi) is 16.1. The summed E-state index contributed by atoms with van der Waals surface area (Å²) in [5.41, 5.74) is 1.37. The van der Waals surface area contributed by atoms with Crippen LogP contribution in [0.25, 0.3) is 0 Å². The summed E-state index contributed by atoms with van der Waals surface area (Å²) >= 11 is 0. The zero-order chi connectivity index (χ0) is 21.0. The second kappa shape index (κ2) is 18.4. The van der Waals surface area contributed by atoms with Gasteiger partial charge in [0.2, 0.25) is 0 Å². The largest absolute Gasteiger partial charge is 0.491 e. The lowest BCUT2D eigenvalue weighted by Gasteiger charge is -2.09. The molecule has 0 bridgehead atoms. The van der Waals surface area contributed by atoms with Crippen molar-refractivity contribution in [2.45, 2.75) is 51.9 Å². The molecule has 1 aromatic rings. The molecule has 0 aliphatic heterocycles. The highest BCUT2D eigenvalue weighted by molar-refractivity contribution is 5.70. The van der Waals surface area contributed by atoms with E-state index in [0.29, 0.717) is 39.6 Å². The fourth-order valence-corrected chi connectivity index (χ4v) is 2.73. The van der Waals surface area contributed by atoms with Gasteiger partial charge in [-0.2, -0.15) is 0 Å². The van der Waals surface area contributed by atoms with Crippen LogP contribution in [0.2, 0.25) is 0 Å². The van der Waals surface area contributed by atoms with Crippen LogP contribution in [0.1, 0.15) is 51.0 Å². The number of hydrogen-bond donors (Lipinski definition) is 0. The molecule has 0 heterocycles. The van der Waals surface area contributed by atoms with E-state index in [4.69, 9.17) is 18.9 Å². The Labute approximate surface area is 175 Å². The Morgan fingerprint density at radius 1 is 0.759 bits per heavy atom. The van der Waals surface area contributed by atoms with E-state index >= 15 is 0 Å². The van der Waals surface area contributed by atoms with Crippen LogP contribution >= 0.6 is 0 Å². The number of ether oxygens (including phenoxy) is 5. The predicted molar refractivity (Wildman–Crippen MR) is 113 cm³/mol. The lowest BCUT2D eigenvalue weighted by molar-refractivity contribution is -0.146. The van der Waals surface area contributed by atoms with Crippen molar-refractivity contribution in [3.8, 4) is 5.75 Å². The molecule has 6 heteroatoms. The summed E-state index contributed by atoms with van der Waals surface area (Å²) in [6, 6.07) is 8.37. The summed E-state index contributed by atoms with van der Waals surface area (Å²) in [5.74, 6) is 0.486. The molecule has 0 aliphatic carbocycles. The number of hydrogen-bond acceptors (Lipinski definition) is 6. The van der Waals surface area contributed by atoms with Crippen molar-refractivity contribution in [2.75, 3.05) is 53.4 Å². The third-order valence-corrected chi connectivity index (χ3v) is 4.43. The average Bonchev–Trinajstić information content (AvgIpc) is 2.75. The van der Waals surface area contributed by atoms with Crippen molar-refractivity contribution >= 4 is 5.97 Å². The van der Waals surface area contributed by atoms with Crippen LogP contribution in [-0.4, -0.2) is 59.3 Å². The third-order valence-electron chi connectivity index (χ3n) is 4.43. The van der Waals surface area contributed by atoms with Gasteiger partial charge in [0, 0.05) is 0 Å². The summed E-state index contributed by atoms with van der Waals surface area (Å²) < 4.78 is 26.0. The SMILES string of the molecule is CCCCCCCCc1ccc(OCCOCCOCCOCC(=O)OC)cc1. The Balaban J connectivity index is 1.92. The molecule has 0 aliphatic rings. The van der Waals surface area contributed by atoms with Crippen LogP contribution < -0.4 is 4.74 Å². The highest BCUT2D eigenvalue weighted by Gasteiger charge is 1.99. The molecule has 0 aromatic heterocycles. The second-order valence-corrected chi connectivity index (χ2v) is 6.86. The first-order valence-corrected chi connectivity index (χ1v) is 10.8. The molecule has 0 unspecified atom stereocenters. The normalized spacial score (nSPS) is 10.8. The minimum Gasteiger partial charge on any atom is -0.491 e. The Morgan fingerprint density at radius 2 is 1.34 bits per heavy atom. The summed E-state index contributed by atoms with van der Waals surface area (Å²) in [7, 11) is 1.33. The van der Waals surface area contributed by atoms with E-state index in [0.717, 1.165) is 12.2 Å². The maximum Gasteiger partial charge on any atom is 0.331 e. The van der Waals surface area contributed by atoms with Crippen LogP contribution in [0, 0.1) is 0 Å². The average molecular weight is 411 g/mol. The first-order chi connectivity index (χ1) is 14.3. The number of esters is 1. The van der Waals surface area contributed by atoms with Gasteiger partial charge in [-0.1, -0.05) is 51.2 Å². The van der Waals surface area contributed by atoms with Crippen molar-refractivity contribution in [3.05, 3.63) is 29.8 Å². The van der Waals surface area contributed by atoms with Crippen LogP contribution in [0.5, 0.6) is 5.75 Å². The zero-order valence-corrected chi connectivity index (χ0v) is 18.2. The second-order valence-electron chi connectivity index (χ2n) is 6.86. The maximum absolute atomic E-state index is 10.8. The van der Waals surface area contributed by atoms with Crippen molar-refractivity contribution in [3.63, 3.8) is 0 Å². The molecule has 0 N–H and O–H groups in total. The topological polar surface area (TPSA) is 63.2 Å². The van der Waals surface area contributed by atoms with E-state index < -0.39 is 0 Å². The standard InChI is InChI=1S/C23H38O6/c1-3-4-5-6-7-8-9-21-10-12-22(13-11-21)29-19-18-27-15-14-26-16-17-28-20-23(24)25-2/h10-13H,3-9,14-20H2,1-2H3. The van der Waals surface area contributed by atoms with Crippen LogP contribution in [0.3, 0.4) is 0 Å². The summed E-state index contributed by atoms with van der Waals surface area (Å²) in [6.45, 7) is 4.98. The quantitative estimate of drug-likeness (QED) is 0.252. The van der Waals surface area contributed by atoms with Crippen molar-refractivity contribution in [1.82, 2.24) is 0 Å². The minimum atomic E-state index is -0.388. The Hall–Kier alpha value is -1.63. The molecule has 1 aromatic carbocycles. The molecule has 0 atom stereocenters. The first-order valence-electron chi connectivity index (χ1n) is 10.8. The number of aryl methyl sites for hydroxylation is 1. The highest BCUT2D eigenvalue weighted by atomic mass is 16.6. The van der Waals surface area contributed by atoms with Gasteiger partial charge in [-0.3, -0.25) is 0 Å². The van der Waals surface area contributed by atoms with Gasteiger partial charge in [0.25, 0.3) is 0 Å². The van der Waals surface area contributed by atoms with Crippen LogP contribution in [0.4, 0.5) is 0 Å². The van der Waals surface area contributed by atoms with Gasteiger partial charge < -0.3 is 23.7 Å². The minimum absolute atomic E-state index is 0.0479. The lowest BCUT2D eigenvalue weighted by atomic mass is 10.0. The molecule has 29 heavy (non-hydrogen) atoms. The van der Waals surface area contributed by atoms with Gasteiger partial charge in [0.05, 0.1) is 40.1 Å². The van der Waals surface area contributed by atoms with Crippen molar-refractivity contribution in [2.24, 2.45) is 0 Å². The van der Waals surface area contributed by atoms with Gasteiger partial charge in [-0.15, -0.1) is 0 Å². The number of rotatable bonds is 19. The molecule has 1 rings (SSSR count). The summed E-state index contributed by atoms with van der Waals surface area (Å²) in [5, 5.41) is 0. The van der Waals surface area contributed by atoms with Gasteiger partial charge in [-0.25, -0.2) is 4.79 Å². The van der Waals surface area contributed by atoms with Crippen LogP contribution in [0.15, 0.2) is 24.3 Å². The number of benzene rings is 1. The van der Waals surface area contributed by atoms with E-state index in [-0.39, 0.29) is 12.6 Å². The van der Waals surface area contributed by atoms with Crippen molar-refractivity contribution in [1.29, 1.82) is 0 Å². The number of methoxy groups -OCH3 is 1. The molecular formula is C23H38O6. The maximum atomic E-state index is 10.8. The van der Waals surface area contributed by atoms with Gasteiger partial charge in [0.1, 0.15) is 19.0 Å². The molecular weight excluding hydrogens is 372 g/mol. The van der Waals surface area contributed by atoms with Gasteiger partial charge >= 0.3 is 5.97 Å². The number of carbonyl (C=O) groups excluding carboxylic acids is 1. The molecule has 0 saturated heterocycles. The molecule has 0 radical (unpaired) electrons. The molecule has 166 valence electrons. The Bertz CT molecular complexity index is 503. The van der Waals surface area contributed by atoms with Gasteiger partial charge in [0.15, 0.2) is 0 Å². The summed E-state index contributed by atoms with van der Waals surface area (Å²) in [6.07, 6.45) is 9.10. The molecule has 0 saturated carbocycles. The van der Waals surface area contributed by atoms with Gasteiger partial charge in [-0.05, 0) is 30.5 Å². The highest BCUT2D eigenvalue weighted by Crippen LogP contribution is 2.15. The fraction of sp³-hybridized carbons (Fsp3) is 0.696. The monoisotopic (exact) mass is 410 g/mol. The number of carbonyl (C=O) groups is 1. The van der Waals surface area contributed by atoms with E-state index in [2.05, 4.69) is 23.8 Å². The van der Waals surface area contributed by atoms with E-state index in [1.54, 1.807) is 0 Å². The molecule has 6 nitrogen and oxygen atoms in total. The Morgan fingerprint density at radius 3 is 2.00 bits per heavy atom. The van der Waals surface area contributed by atoms with E-state index in [1.165, 1.54) is 51.2 Å². The molecule has 0 fully saturated rings. The zero-order valence-electron chi connectivity index (χ0n) is 18.2. The molecule has 0 spiro atoms. The first kappa shape index (κ1) is 25.4. The summed E-state index contributed by atoms with van der Waals surface area (Å²) in [4.78, 5) is 10.8. The van der Waals surface area contributed by atoms with E-state index in [9.17, 15) is 4.79 Å². The van der Waals surface area contributed by atoms with Crippen LogP contribution in [-0.2, 0) is 30.2 Å². The molecule has 0 amide bonds. The van der Waals surface area contributed by atoms with Crippen molar-refractivity contribution < 1.29 is 28.5 Å². The lowest BCUT2D eigenvalue weighted by Crippen LogP contribution is -2.15. The number of unbranched alkanes of at least 4 members (excludes halogenated alkanes) is 5. The van der Waals surface area contributed by atoms with E-state index in [1.807, 2.05) is 12.1 Å². The predicted octanol–water partition coefficient (Wildman–Crippen LogP) is 4.19. The smallest absolute Gasteiger partial charge is 0.331 e.